The second-order valence-electron chi connectivity index (χ2n) is 6.11. The summed E-state index contributed by atoms with van der Waals surface area (Å²) >= 11 is 0. The van der Waals surface area contributed by atoms with Crippen molar-refractivity contribution in [3.63, 3.8) is 0 Å². The van der Waals surface area contributed by atoms with Gasteiger partial charge in [0.15, 0.2) is 0 Å². The van der Waals surface area contributed by atoms with Crippen LogP contribution in [0.3, 0.4) is 0 Å². The molecular formula is C20H22N2O2. The van der Waals surface area contributed by atoms with Crippen LogP contribution in [0.2, 0.25) is 0 Å². The number of rotatable bonds is 5. The van der Waals surface area contributed by atoms with Crippen molar-refractivity contribution in [1.29, 1.82) is 5.41 Å². The molecule has 0 saturated heterocycles. The largest absolute Gasteiger partial charge is 0.490 e. The number of benzene rings is 2. The van der Waals surface area contributed by atoms with Crippen molar-refractivity contribution in [2.45, 2.75) is 26.5 Å². The van der Waals surface area contributed by atoms with E-state index in [1.54, 1.807) is 10.6 Å². The summed E-state index contributed by atoms with van der Waals surface area (Å²) in [5.74, 6) is 0.767. The third kappa shape index (κ3) is 3.49. The van der Waals surface area contributed by atoms with Crippen molar-refractivity contribution < 1.29 is 9.84 Å². The molecular weight excluding hydrogens is 300 g/mol. The minimum atomic E-state index is -0.681. The monoisotopic (exact) mass is 322 g/mol. The summed E-state index contributed by atoms with van der Waals surface area (Å²) in [6.45, 7) is 4.45. The van der Waals surface area contributed by atoms with Crippen LogP contribution >= 0.6 is 0 Å². The fourth-order valence-corrected chi connectivity index (χ4v) is 2.95. The number of hydrogen-bond acceptors (Lipinski definition) is 3. The lowest BCUT2D eigenvalue weighted by molar-refractivity contribution is 0.0914. The highest BCUT2D eigenvalue weighted by Gasteiger charge is 2.10. The maximum atomic E-state index is 10.3. The summed E-state index contributed by atoms with van der Waals surface area (Å²) in [6.07, 6.45) is -0.681. The quantitative estimate of drug-likeness (QED) is 0.758. The molecule has 0 bridgehead atoms. The highest BCUT2D eigenvalue weighted by Crippen LogP contribution is 2.25. The summed E-state index contributed by atoms with van der Waals surface area (Å²) < 4.78 is 7.63. The molecule has 124 valence electrons. The van der Waals surface area contributed by atoms with Crippen LogP contribution in [-0.2, 0) is 6.54 Å². The molecule has 4 nitrogen and oxygen atoms in total. The first kappa shape index (κ1) is 16.3. The van der Waals surface area contributed by atoms with Gasteiger partial charge in [0, 0.05) is 11.1 Å². The number of pyridine rings is 1. The zero-order valence-electron chi connectivity index (χ0n) is 14.0. The third-order valence-electron chi connectivity index (χ3n) is 4.09. The molecule has 1 heterocycles. The predicted octanol–water partition coefficient (Wildman–Crippen LogP) is 3.18. The minimum absolute atomic E-state index is 0.188. The van der Waals surface area contributed by atoms with Crippen LogP contribution in [-0.4, -0.2) is 22.4 Å². The summed E-state index contributed by atoms with van der Waals surface area (Å²) in [4.78, 5) is 0. The fraction of sp³-hybridized carbons (Fsp3) is 0.250. The number of fused-ring (bicyclic) bond motifs is 1. The summed E-state index contributed by atoms with van der Waals surface area (Å²) in [5.41, 5.74) is 2.41. The smallest absolute Gasteiger partial charge is 0.127 e. The molecule has 0 radical (unpaired) electrons. The van der Waals surface area contributed by atoms with E-state index in [1.165, 1.54) is 0 Å². The lowest BCUT2D eigenvalue weighted by Gasteiger charge is -2.18. The summed E-state index contributed by atoms with van der Waals surface area (Å²) in [6, 6.07) is 17.7. The maximum Gasteiger partial charge on any atom is 0.127 e. The van der Waals surface area contributed by atoms with E-state index in [-0.39, 0.29) is 6.61 Å². The molecule has 0 aliphatic rings. The van der Waals surface area contributed by atoms with Gasteiger partial charge in [0.25, 0.3) is 0 Å². The SMILES string of the molecule is Cc1cc(C)n(CC(O)COc2cccc3ccccc23)c(=N)c1. The second-order valence-corrected chi connectivity index (χ2v) is 6.11. The van der Waals surface area contributed by atoms with Gasteiger partial charge in [-0.3, -0.25) is 5.41 Å². The van der Waals surface area contributed by atoms with E-state index in [1.807, 2.05) is 62.4 Å². The van der Waals surface area contributed by atoms with Crippen molar-refractivity contribution in [2.75, 3.05) is 6.61 Å². The number of aliphatic hydroxyl groups excluding tert-OH is 1. The van der Waals surface area contributed by atoms with Crippen molar-refractivity contribution in [3.8, 4) is 5.75 Å². The molecule has 24 heavy (non-hydrogen) atoms. The first-order valence-corrected chi connectivity index (χ1v) is 8.06. The Morgan fingerprint density at radius 3 is 2.62 bits per heavy atom. The standard InChI is InChI=1S/C20H22N2O2/c1-14-10-15(2)22(20(21)11-14)12-17(23)13-24-19-9-5-7-16-6-3-4-8-18(16)19/h3-11,17,21,23H,12-13H2,1-2H3. The van der Waals surface area contributed by atoms with Crippen LogP contribution < -0.4 is 10.2 Å². The number of ether oxygens (including phenoxy) is 1. The van der Waals surface area contributed by atoms with Gasteiger partial charge in [0.2, 0.25) is 0 Å². The van der Waals surface area contributed by atoms with Gasteiger partial charge in [0.1, 0.15) is 23.9 Å². The Hall–Kier alpha value is -2.59. The van der Waals surface area contributed by atoms with E-state index in [0.717, 1.165) is 27.8 Å². The molecule has 2 N–H and O–H groups in total. The summed E-state index contributed by atoms with van der Waals surface area (Å²) in [5, 5.41) is 20.5. The van der Waals surface area contributed by atoms with Gasteiger partial charge in [-0.25, -0.2) is 0 Å². The zero-order chi connectivity index (χ0) is 17.1. The number of aromatic nitrogens is 1. The lowest BCUT2D eigenvalue weighted by Crippen LogP contribution is -2.31. The van der Waals surface area contributed by atoms with E-state index in [2.05, 4.69) is 0 Å². The topological polar surface area (TPSA) is 58.2 Å². The molecule has 1 unspecified atom stereocenters. The van der Waals surface area contributed by atoms with E-state index in [9.17, 15) is 5.11 Å². The fourth-order valence-electron chi connectivity index (χ4n) is 2.95. The molecule has 1 atom stereocenters. The van der Waals surface area contributed by atoms with Crippen LogP contribution in [0.25, 0.3) is 10.8 Å². The van der Waals surface area contributed by atoms with E-state index < -0.39 is 6.10 Å². The number of nitrogens with one attached hydrogen (secondary N) is 1. The van der Waals surface area contributed by atoms with Gasteiger partial charge in [-0.2, -0.15) is 0 Å². The first-order valence-electron chi connectivity index (χ1n) is 8.06. The van der Waals surface area contributed by atoms with Crippen molar-refractivity contribution >= 4 is 10.8 Å². The molecule has 0 aliphatic heterocycles. The molecule has 4 heteroatoms. The molecule has 2 aromatic carbocycles. The first-order chi connectivity index (χ1) is 11.5. The second kappa shape index (κ2) is 6.89. The number of aliphatic hydroxyl groups is 1. The Morgan fingerprint density at radius 2 is 1.83 bits per heavy atom. The molecule has 0 amide bonds. The Balaban J connectivity index is 1.72. The van der Waals surface area contributed by atoms with Gasteiger partial charge >= 0.3 is 0 Å². The van der Waals surface area contributed by atoms with Gasteiger partial charge in [-0.1, -0.05) is 36.4 Å². The Morgan fingerprint density at radius 1 is 1.08 bits per heavy atom. The highest BCUT2D eigenvalue weighted by molar-refractivity contribution is 5.88. The number of nitrogens with zero attached hydrogens (tertiary/aromatic N) is 1. The van der Waals surface area contributed by atoms with Crippen LogP contribution in [0.5, 0.6) is 5.75 Å². The zero-order valence-corrected chi connectivity index (χ0v) is 14.0. The maximum absolute atomic E-state index is 10.3. The van der Waals surface area contributed by atoms with Crippen molar-refractivity contribution in [3.05, 3.63) is 71.3 Å². The van der Waals surface area contributed by atoms with Gasteiger partial charge < -0.3 is 14.4 Å². The van der Waals surface area contributed by atoms with Crippen LogP contribution in [0, 0.1) is 19.3 Å². The Labute approximate surface area is 141 Å². The molecule has 0 aliphatic carbocycles. The Bertz CT molecular complexity index is 910. The molecule has 0 saturated carbocycles. The van der Waals surface area contributed by atoms with E-state index in [0.29, 0.717) is 12.0 Å². The van der Waals surface area contributed by atoms with Crippen LogP contribution in [0.4, 0.5) is 0 Å². The minimum Gasteiger partial charge on any atom is -0.490 e. The normalized spacial score (nSPS) is 12.3. The molecule has 0 spiro atoms. The summed E-state index contributed by atoms with van der Waals surface area (Å²) in [7, 11) is 0. The highest BCUT2D eigenvalue weighted by atomic mass is 16.5. The van der Waals surface area contributed by atoms with Gasteiger partial charge in [-0.15, -0.1) is 0 Å². The van der Waals surface area contributed by atoms with Crippen molar-refractivity contribution in [1.82, 2.24) is 4.57 Å². The third-order valence-corrected chi connectivity index (χ3v) is 4.09. The number of aryl methyl sites for hydroxylation is 2. The Kier molecular flexibility index (Phi) is 4.67. The predicted molar refractivity (Wildman–Crippen MR) is 95.2 cm³/mol. The average Bonchev–Trinajstić information content (AvgIpc) is 2.56. The van der Waals surface area contributed by atoms with Crippen LogP contribution in [0.1, 0.15) is 11.3 Å². The molecule has 3 aromatic rings. The van der Waals surface area contributed by atoms with E-state index >= 15 is 0 Å². The molecule has 0 fully saturated rings. The molecule has 3 rings (SSSR count). The number of hydrogen-bond donors (Lipinski definition) is 2. The van der Waals surface area contributed by atoms with Gasteiger partial charge in [-0.05, 0) is 43.0 Å². The van der Waals surface area contributed by atoms with Crippen LogP contribution in [0.15, 0.2) is 54.6 Å². The molecule has 1 aromatic heterocycles. The van der Waals surface area contributed by atoms with Gasteiger partial charge in [0.05, 0.1) is 6.54 Å². The average molecular weight is 322 g/mol. The van der Waals surface area contributed by atoms with E-state index in [4.69, 9.17) is 10.1 Å². The lowest BCUT2D eigenvalue weighted by atomic mass is 10.1. The van der Waals surface area contributed by atoms with Crippen molar-refractivity contribution in [2.24, 2.45) is 0 Å².